The van der Waals surface area contributed by atoms with Crippen molar-refractivity contribution in [1.29, 1.82) is 0 Å². The summed E-state index contributed by atoms with van der Waals surface area (Å²) in [6.45, 7) is 6.96. The van der Waals surface area contributed by atoms with E-state index in [0.29, 0.717) is 5.91 Å². The van der Waals surface area contributed by atoms with Crippen LogP contribution in [-0.4, -0.2) is 81.1 Å². The van der Waals surface area contributed by atoms with Crippen molar-refractivity contribution in [3.63, 3.8) is 0 Å². The number of hydrogen-bond donors (Lipinski definition) is 0. The molecule has 0 aromatic heterocycles. The number of amides is 1. The third-order valence-electron chi connectivity index (χ3n) is 7.19. The van der Waals surface area contributed by atoms with Gasteiger partial charge in [0.1, 0.15) is 11.5 Å². The van der Waals surface area contributed by atoms with E-state index in [1.54, 1.807) is 14.2 Å². The van der Waals surface area contributed by atoms with Gasteiger partial charge in [0.25, 0.3) is 0 Å². The summed E-state index contributed by atoms with van der Waals surface area (Å²) in [5, 5.41) is 0. The molecule has 2 heterocycles. The predicted octanol–water partition coefficient (Wildman–Crippen LogP) is 2.47. The molecule has 0 N–H and O–H groups in total. The summed E-state index contributed by atoms with van der Waals surface area (Å²) in [5.74, 6) is 2.36. The lowest BCUT2D eigenvalue weighted by Gasteiger charge is -2.33. The van der Waals surface area contributed by atoms with Gasteiger partial charge in [0.15, 0.2) is 0 Å². The van der Waals surface area contributed by atoms with Gasteiger partial charge in [-0.2, -0.15) is 0 Å². The first-order valence-electron chi connectivity index (χ1n) is 10.9. The molecular weight excluding hydrogens is 366 g/mol. The minimum absolute atomic E-state index is 0.268. The fourth-order valence-corrected chi connectivity index (χ4v) is 5.11. The van der Waals surface area contributed by atoms with E-state index in [9.17, 15) is 4.79 Å². The maximum atomic E-state index is 13.1. The van der Waals surface area contributed by atoms with Crippen LogP contribution in [0.15, 0.2) is 18.2 Å². The van der Waals surface area contributed by atoms with Crippen LogP contribution in [0.5, 0.6) is 11.5 Å². The Hall–Kier alpha value is -1.79. The van der Waals surface area contributed by atoms with Crippen LogP contribution in [0.3, 0.4) is 0 Å². The summed E-state index contributed by atoms with van der Waals surface area (Å²) in [4.78, 5) is 20.0. The number of likely N-dealkylation sites (N-methyl/N-ethyl adjacent to an activating group) is 1. The molecule has 6 nitrogen and oxygen atoms in total. The minimum Gasteiger partial charge on any atom is -0.497 e. The van der Waals surface area contributed by atoms with Gasteiger partial charge in [-0.3, -0.25) is 9.69 Å². The van der Waals surface area contributed by atoms with Gasteiger partial charge >= 0.3 is 0 Å². The molecule has 2 aliphatic heterocycles. The van der Waals surface area contributed by atoms with Gasteiger partial charge in [0.05, 0.1) is 14.2 Å². The van der Waals surface area contributed by atoms with E-state index >= 15 is 0 Å². The zero-order chi connectivity index (χ0) is 20.4. The highest BCUT2D eigenvalue weighted by atomic mass is 16.5. The molecule has 3 fully saturated rings. The highest BCUT2D eigenvalue weighted by Crippen LogP contribution is 2.60. The van der Waals surface area contributed by atoms with Crippen LogP contribution in [-0.2, 0) is 11.3 Å². The topological polar surface area (TPSA) is 45.2 Å². The number of nitrogens with zero attached hydrogens (tertiary/aromatic N) is 3. The molecule has 29 heavy (non-hydrogen) atoms. The number of ether oxygens (including phenoxy) is 2. The molecule has 1 atom stereocenters. The standard InChI is InChI=1S/C23H35N3O3/c1-24-7-4-8-26(12-11-24)22(27)21-16-23(21)5-9-25(10-6-23)17-18-13-19(28-2)15-20(14-18)29-3/h13-15,21H,4-12,16-17H2,1-3H3/t21-/m1/s1. The second kappa shape index (κ2) is 8.52. The highest BCUT2D eigenvalue weighted by molar-refractivity contribution is 5.82. The number of likely N-dealkylation sites (tertiary alicyclic amines) is 1. The Balaban J connectivity index is 1.30. The number of benzene rings is 1. The molecule has 0 unspecified atom stereocenters. The summed E-state index contributed by atoms with van der Waals surface area (Å²) < 4.78 is 10.8. The molecule has 0 bridgehead atoms. The molecule has 1 amide bonds. The Morgan fingerprint density at radius 1 is 1.00 bits per heavy atom. The lowest BCUT2D eigenvalue weighted by atomic mass is 9.90. The average molecular weight is 402 g/mol. The van der Waals surface area contributed by atoms with Gasteiger partial charge < -0.3 is 19.3 Å². The largest absolute Gasteiger partial charge is 0.497 e. The van der Waals surface area contributed by atoms with Crippen molar-refractivity contribution in [3.8, 4) is 11.5 Å². The number of rotatable bonds is 5. The monoisotopic (exact) mass is 401 g/mol. The van der Waals surface area contributed by atoms with Crippen LogP contribution in [0, 0.1) is 11.3 Å². The van der Waals surface area contributed by atoms with Crippen molar-refractivity contribution in [1.82, 2.24) is 14.7 Å². The number of methoxy groups -OCH3 is 2. The van der Waals surface area contributed by atoms with E-state index in [0.717, 1.165) is 83.0 Å². The molecule has 160 valence electrons. The Morgan fingerprint density at radius 3 is 2.34 bits per heavy atom. The molecule has 1 saturated carbocycles. The first kappa shape index (κ1) is 20.5. The van der Waals surface area contributed by atoms with Crippen LogP contribution in [0.4, 0.5) is 0 Å². The van der Waals surface area contributed by atoms with E-state index < -0.39 is 0 Å². The van der Waals surface area contributed by atoms with Crippen molar-refractivity contribution in [2.75, 3.05) is 60.5 Å². The Bertz CT molecular complexity index is 708. The maximum absolute atomic E-state index is 13.1. The Kier molecular flexibility index (Phi) is 6.02. The number of piperidine rings is 1. The van der Waals surface area contributed by atoms with Crippen LogP contribution < -0.4 is 9.47 Å². The van der Waals surface area contributed by atoms with Crippen molar-refractivity contribution in [3.05, 3.63) is 23.8 Å². The predicted molar refractivity (Wildman–Crippen MR) is 113 cm³/mol. The summed E-state index contributed by atoms with van der Waals surface area (Å²) in [6.07, 6.45) is 4.47. The van der Waals surface area contributed by atoms with Gasteiger partial charge in [-0.05, 0) is 75.5 Å². The molecule has 2 saturated heterocycles. The minimum atomic E-state index is 0.268. The zero-order valence-electron chi connectivity index (χ0n) is 18.2. The molecule has 1 aliphatic carbocycles. The molecular formula is C23H35N3O3. The van der Waals surface area contributed by atoms with Gasteiger partial charge in [0.2, 0.25) is 5.91 Å². The number of hydrogen-bond acceptors (Lipinski definition) is 5. The van der Waals surface area contributed by atoms with Gasteiger partial charge in [-0.25, -0.2) is 0 Å². The highest BCUT2D eigenvalue weighted by Gasteiger charge is 2.59. The van der Waals surface area contributed by atoms with E-state index in [-0.39, 0.29) is 11.3 Å². The van der Waals surface area contributed by atoms with Crippen LogP contribution in [0.25, 0.3) is 0 Å². The van der Waals surface area contributed by atoms with E-state index in [2.05, 4.69) is 33.9 Å². The zero-order valence-corrected chi connectivity index (χ0v) is 18.2. The van der Waals surface area contributed by atoms with Gasteiger partial charge in [-0.1, -0.05) is 0 Å². The molecule has 1 spiro atoms. The fraction of sp³-hybridized carbons (Fsp3) is 0.696. The lowest BCUT2D eigenvalue weighted by molar-refractivity contribution is -0.133. The summed E-state index contributed by atoms with van der Waals surface area (Å²) >= 11 is 0. The first-order chi connectivity index (χ1) is 14.0. The van der Waals surface area contributed by atoms with Gasteiger partial charge in [-0.15, -0.1) is 0 Å². The maximum Gasteiger partial charge on any atom is 0.226 e. The van der Waals surface area contributed by atoms with Crippen molar-refractivity contribution in [2.24, 2.45) is 11.3 Å². The van der Waals surface area contributed by atoms with Crippen LogP contribution in [0.2, 0.25) is 0 Å². The second-order valence-electron chi connectivity index (χ2n) is 9.10. The third kappa shape index (κ3) is 4.53. The molecule has 6 heteroatoms. The van der Waals surface area contributed by atoms with E-state index in [1.165, 1.54) is 5.56 Å². The SMILES string of the molecule is COc1cc(CN2CCC3(CC2)C[C@@H]3C(=O)N2CCCN(C)CC2)cc(OC)c1. The van der Waals surface area contributed by atoms with Gasteiger partial charge in [0, 0.05) is 38.2 Å². The van der Waals surface area contributed by atoms with E-state index in [1.807, 2.05) is 6.07 Å². The molecule has 4 rings (SSSR count). The molecule has 0 radical (unpaired) electrons. The van der Waals surface area contributed by atoms with Crippen molar-refractivity contribution in [2.45, 2.75) is 32.2 Å². The Labute approximate surface area is 174 Å². The fourth-order valence-electron chi connectivity index (χ4n) is 5.11. The third-order valence-corrected chi connectivity index (χ3v) is 7.19. The smallest absolute Gasteiger partial charge is 0.226 e. The lowest BCUT2D eigenvalue weighted by Crippen LogP contribution is -2.39. The quantitative estimate of drug-likeness (QED) is 0.759. The summed E-state index contributed by atoms with van der Waals surface area (Å²) in [6, 6.07) is 6.09. The molecule has 1 aromatic carbocycles. The van der Waals surface area contributed by atoms with E-state index in [4.69, 9.17) is 9.47 Å². The Morgan fingerprint density at radius 2 is 1.69 bits per heavy atom. The number of carbonyl (C=O) groups excluding carboxylic acids is 1. The van der Waals surface area contributed by atoms with Crippen LogP contribution >= 0.6 is 0 Å². The molecule has 1 aromatic rings. The van der Waals surface area contributed by atoms with Crippen LogP contribution in [0.1, 0.15) is 31.2 Å². The van der Waals surface area contributed by atoms with Crippen molar-refractivity contribution >= 4 is 5.91 Å². The summed E-state index contributed by atoms with van der Waals surface area (Å²) in [5.41, 5.74) is 1.49. The first-order valence-corrected chi connectivity index (χ1v) is 10.9. The normalized spacial score (nSPS) is 24.9. The number of carbonyl (C=O) groups is 1. The molecule has 3 aliphatic rings. The van der Waals surface area contributed by atoms with Crippen molar-refractivity contribution < 1.29 is 14.3 Å². The second-order valence-corrected chi connectivity index (χ2v) is 9.10. The average Bonchev–Trinajstić information content (AvgIpc) is 3.48. The summed E-state index contributed by atoms with van der Waals surface area (Å²) in [7, 11) is 5.53.